The summed E-state index contributed by atoms with van der Waals surface area (Å²) in [6, 6.07) is 11.2. The van der Waals surface area contributed by atoms with Crippen LogP contribution >= 0.6 is 11.6 Å². The summed E-state index contributed by atoms with van der Waals surface area (Å²) in [5, 5.41) is 3.07. The van der Waals surface area contributed by atoms with E-state index in [0.717, 1.165) is 5.56 Å². The maximum Gasteiger partial charge on any atom is 0.243 e. The summed E-state index contributed by atoms with van der Waals surface area (Å²) in [6.07, 6.45) is 0.962. The molecule has 1 heterocycles. The summed E-state index contributed by atoms with van der Waals surface area (Å²) in [6.45, 7) is 0.475. The fourth-order valence-electron chi connectivity index (χ4n) is 3.47. The minimum Gasteiger partial charge on any atom is -0.495 e. The van der Waals surface area contributed by atoms with Gasteiger partial charge in [0.25, 0.3) is 0 Å². The molecule has 1 aliphatic heterocycles. The van der Waals surface area contributed by atoms with Crippen molar-refractivity contribution in [3.8, 4) is 5.75 Å². The van der Waals surface area contributed by atoms with Gasteiger partial charge in [-0.3, -0.25) is 9.59 Å². The Morgan fingerprint density at radius 2 is 1.81 bits per heavy atom. The first-order valence-electron chi connectivity index (χ1n) is 9.72. The van der Waals surface area contributed by atoms with Crippen molar-refractivity contribution in [2.24, 2.45) is 11.7 Å². The van der Waals surface area contributed by atoms with Crippen LogP contribution in [0.15, 0.2) is 47.4 Å². The summed E-state index contributed by atoms with van der Waals surface area (Å²) < 4.78 is 32.2. The van der Waals surface area contributed by atoms with Crippen molar-refractivity contribution in [3.63, 3.8) is 0 Å². The molecule has 0 unspecified atom stereocenters. The van der Waals surface area contributed by atoms with E-state index in [0.29, 0.717) is 24.3 Å². The van der Waals surface area contributed by atoms with E-state index in [9.17, 15) is 18.0 Å². The number of nitrogens with two attached hydrogens (primary N) is 1. The minimum absolute atomic E-state index is 0.0947. The fourth-order valence-corrected chi connectivity index (χ4v) is 5.29. The van der Waals surface area contributed by atoms with Crippen LogP contribution in [0.5, 0.6) is 5.75 Å². The maximum atomic E-state index is 12.9. The molecule has 31 heavy (non-hydrogen) atoms. The zero-order valence-corrected chi connectivity index (χ0v) is 18.6. The monoisotopic (exact) mass is 465 g/mol. The van der Waals surface area contributed by atoms with Gasteiger partial charge in [0.05, 0.1) is 23.4 Å². The van der Waals surface area contributed by atoms with Gasteiger partial charge in [0.15, 0.2) is 0 Å². The van der Waals surface area contributed by atoms with Crippen LogP contribution in [0.3, 0.4) is 0 Å². The molecular formula is C21H24ClN3O5S. The Hall–Kier alpha value is -2.62. The predicted molar refractivity (Wildman–Crippen MR) is 117 cm³/mol. The second-order valence-electron chi connectivity index (χ2n) is 7.30. The summed E-state index contributed by atoms with van der Waals surface area (Å²) in [4.78, 5) is 23.6. The van der Waals surface area contributed by atoms with E-state index in [2.05, 4.69) is 5.32 Å². The molecule has 8 nitrogen and oxygen atoms in total. The molecule has 0 bridgehead atoms. The smallest absolute Gasteiger partial charge is 0.243 e. The number of benzene rings is 2. The first-order chi connectivity index (χ1) is 14.7. The average molecular weight is 466 g/mol. The van der Waals surface area contributed by atoms with Crippen LogP contribution in [0.25, 0.3) is 0 Å². The first-order valence-corrected chi connectivity index (χ1v) is 11.5. The number of hydrogen-bond acceptors (Lipinski definition) is 5. The van der Waals surface area contributed by atoms with E-state index >= 15 is 0 Å². The van der Waals surface area contributed by atoms with Crippen LogP contribution in [0.1, 0.15) is 18.4 Å². The summed E-state index contributed by atoms with van der Waals surface area (Å²) in [5.74, 6) is -0.475. The number of methoxy groups -OCH3 is 1. The minimum atomic E-state index is -3.71. The first kappa shape index (κ1) is 23.1. The van der Waals surface area contributed by atoms with E-state index in [-0.39, 0.29) is 41.3 Å². The van der Waals surface area contributed by atoms with Crippen molar-refractivity contribution in [1.29, 1.82) is 0 Å². The van der Waals surface area contributed by atoms with Crippen LogP contribution < -0.4 is 15.8 Å². The molecule has 1 aliphatic rings. The maximum absolute atomic E-state index is 12.9. The number of nitrogens with zero attached hydrogens (tertiary/aromatic N) is 1. The fraction of sp³-hybridized carbons (Fsp3) is 0.333. The van der Waals surface area contributed by atoms with E-state index in [1.54, 1.807) is 24.3 Å². The Labute approximate surface area is 186 Å². The molecule has 0 spiro atoms. The van der Waals surface area contributed by atoms with Crippen molar-refractivity contribution in [1.82, 2.24) is 4.31 Å². The highest BCUT2D eigenvalue weighted by atomic mass is 35.5. The average Bonchev–Trinajstić information content (AvgIpc) is 2.74. The molecule has 10 heteroatoms. The highest BCUT2D eigenvalue weighted by molar-refractivity contribution is 7.89. The third-order valence-electron chi connectivity index (χ3n) is 5.19. The number of carbonyl (C=O) groups excluding carboxylic acids is 2. The number of ether oxygens (including phenoxy) is 1. The largest absolute Gasteiger partial charge is 0.495 e. The van der Waals surface area contributed by atoms with E-state index in [1.807, 2.05) is 0 Å². The van der Waals surface area contributed by atoms with Gasteiger partial charge in [-0.05, 0) is 48.7 Å². The van der Waals surface area contributed by atoms with Gasteiger partial charge < -0.3 is 15.8 Å². The third kappa shape index (κ3) is 5.55. The number of sulfonamides is 1. The van der Waals surface area contributed by atoms with Gasteiger partial charge in [0, 0.05) is 24.7 Å². The molecule has 2 amide bonds. The lowest BCUT2D eigenvalue weighted by Crippen LogP contribution is -2.41. The van der Waals surface area contributed by atoms with E-state index < -0.39 is 15.9 Å². The van der Waals surface area contributed by atoms with Crippen LogP contribution in [0, 0.1) is 5.92 Å². The van der Waals surface area contributed by atoms with Crippen molar-refractivity contribution < 1.29 is 22.7 Å². The number of rotatable bonds is 7. The molecule has 3 rings (SSSR count). The highest BCUT2D eigenvalue weighted by Crippen LogP contribution is 2.30. The third-order valence-corrected chi connectivity index (χ3v) is 7.38. The standard InChI is InChI=1S/C21H24ClN3O5S/c1-30-19-7-6-17(13-18(19)22)31(28,29)25-10-8-15(9-11-25)21(27)24-16-4-2-14(3-5-16)12-20(23)26/h2-7,13,15H,8-12H2,1H3,(H2,23,26)(H,24,27). The lowest BCUT2D eigenvalue weighted by Gasteiger charge is -2.30. The predicted octanol–water partition coefficient (Wildman–Crippen LogP) is 2.42. The number of amides is 2. The molecule has 1 fully saturated rings. The van der Waals surface area contributed by atoms with Gasteiger partial charge in [-0.2, -0.15) is 4.31 Å². The quantitative estimate of drug-likeness (QED) is 0.650. The molecule has 0 atom stereocenters. The second-order valence-corrected chi connectivity index (χ2v) is 9.65. The van der Waals surface area contributed by atoms with E-state index in [4.69, 9.17) is 22.1 Å². The van der Waals surface area contributed by atoms with Crippen LogP contribution in [-0.4, -0.2) is 44.7 Å². The highest BCUT2D eigenvalue weighted by Gasteiger charge is 2.32. The number of nitrogens with one attached hydrogen (secondary N) is 1. The molecule has 2 aromatic carbocycles. The van der Waals surface area contributed by atoms with Gasteiger partial charge in [0.2, 0.25) is 21.8 Å². The number of piperidine rings is 1. The summed E-state index contributed by atoms with van der Waals surface area (Å²) in [5.41, 5.74) is 6.55. The molecular weight excluding hydrogens is 442 g/mol. The second kappa shape index (κ2) is 9.67. The Morgan fingerprint density at radius 3 is 2.35 bits per heavy atom. The number of halogens is 1. The summed E-state index contributed by atoms with van der Waals surface area (Å²) >= 11 is 6.07. The molecule has 0 saturated carbocycles. The number of primary amides is 1. The summed E-state index contributed by atoms with van der Waals surface area (Å²) in [7, 11) is -2.25. The Kier molecular flexibility index (Phi) is 7.19. The van der Waals surface area contributed by atoms with Crippen molar-refractivity contribution in [2.45, 2.75) is 24.2 Å². The van der Waals surface area contributed by atoms with Crippen LogP contribution in [0.2, 0.25) is 5.02 Å². The van der Waals surface area contributed by atoms with Crippen molar-refractivity contribution in [2.75, 3.05) is 25.5 Å². The van der Waals surface area contributed by atoms with Gasteiger partial charge in [-0.25, -0.2) is 8.42 Å². The van der Waals surface area contributed by atoms with Gasteiger partial charge >= 0.3 is 0 Å². The van der Waals surface area contributed by atoms with Crippen molar-refractivity contribution in [3.05, 3.63) is 53.1 Å². The Balaban J connectivity index is 1.59. The molecule has 0 aromatic heterocycles. The number of hydrogen-bond donors (Lipinski definition) is 2. The molecule has 166 valence electrons. The van der Waals surface area contributed by atoms with Gasteiger partial charge in [-0.15, -0.1) is 0 Å². The molecule has 0 aliphatic carbocycles. The Morgan fingerprint density at radius 1 is 1.16 bits per heavy atom. The van der Waals surface area contributed by atoms with Gasteiger partial charge in [0.1, 0.15) is 5.75 Å². The molecule has 1 saturated heterocycles. The lowest BCUT2D eigenvalue weighted by atomic mass is 9.97. The SMILES string of the molecule is COc1ccc(S(=O)(=O)N2CCC(C(=O)Nc3ccc(CC(N)=O)cc3)CC2)cc1Cl. The lowest BCUT2D eigenvalue weighted by molar-refractivity contribution is -0.121. The normalized spacial score (nSPS) is 15.4. The van der Waals surface area contributed by atoms with Crippen LogP contribution in [0.4, 0.5) is 5.69 Å². The Bertz CT molecular complexity index is 1060. The molecule has 2 aromatic rings. The number of anilines is 1. The zero-order valence-electron chi connectivity index (χ0n) is 17.0. The van der Waals surface area contributed by atoms with Gasteiger partial charge in [-0.1, -0.05) is 23.7 Å². The zero-order chi connectivity index (χ0) is 22.6. The van der Waals surface area contributed by atoms with Crippen LogP contribution in [-0.2, 0) is 26.0 Å². The van der Waals surface area contributed by atoms with Crippen molar-refractivity contribution >= 4 is 39.1 Å². The van der Waals surface area contributed by atoms with E-state index in [1.165, 1.54) is 29.6 Å². The molecule has 0 radical (unpaired) electrons. The number of carbonyl (C=O) groups is 2. The topological polar surface area (TPSA) is 119 Å². The molecule has 3 N–H and O–H groups in total.